The van der Waals surface area contributed by atoms with Crippen molar-refractivity contribution in [1.29, 1.82) is 0 Å². The van der Waals surface area contributed by atoms with Gasteiger partial charge >= 0.3 is 18.0 Å². The predicted octanol–water partition coefficient (Wildman–Crippen LogP) is 1.07. The maximum absolute atomic E-state index is 12.5. The molecule has 1 aliphatic carbocycles. The third-order valence-corrected chi connectivity index (χ3v) is 5.03. The summed E-state index contributed by atoms with van der Waals surface area (Å²) in [5.74, 6) is -2.32. The summed E-state index contributed by atoms with van der Waals surface area (Å²) in [7, 11) is 0. The van der Waals surface area contributed by atoms with Crippen molar-refractivity contribution in [2.75, 3.05) is 25.1 Å². The molecule has 4 amide bonds. The second kappa shape index (κ2) is 8.52. The number of imide groups is 1. The van der Waals surface area contributed by atoms with Gasteiger partial charge in [0.2, 0.25) is 0 Å². The van der Waals surface area contributed by atoms with Crippen LogP contribution in [0, 0.1) is 5.92 Å². The second-order valence-corrected chi connectivity index (χ2v) is 7.30. The van der Waals surface area contributed by atoms with E-state index in [-0.39, 0.29) is 12.5 Å². The first-order valence-electron chi connectivity index (χ1n) is 9.61. The van der Waals surface area contributed by atoms with Crippen LogP contribution in [0.25, 0.3) is 0 Å². The van der Waals surface area contributed by atoms with Crippen LogP contribution in [0.5, 0.6) is 0 Å². The van der Waals surface area contributed by atoms with Gasteiger partial charge in [-0.15, -0.1) is 0 Å². The highest BCUT2D eigenvalue weighted by Crippen LogP contribution is 2.42. The minimum atomic E-state index is -0.982. The zero-order valence-corrected chi connectivity index (χ0v) is 16.7. The molecular formula is C20H23N3O7. The molecule has 2 N–H and O–H groups in total. The Kier molecular flexibility index (Phi) is 6.04. The number of esters is 2. The van der Waals surface area contributed by atoms with Crippen molar-refractivity contribution < 1.29 is 33.4 Å². The minimum absolute atomic E-state index is 0.0796. The number of hydrogen-bond donors (Lipinski definition) is 2. The van der Waals surface area contributed by atoms with Gasteiger partial charge in [0.05, 0.1) is 12.2 Å². The molecule has 2 aliphatic rings. The zero-order valence-electron chi connectivity index (χ0n) is 16.7. The van der Waals surface area contributed by atoms with Crippen LogP contribution in [-0.2, 0) is 23.9 Å². The average Bonchev–Trinajstić information content (AvgIpc) is 3.53. The van der Waals surface area contributed by atoms with Gasteiger partial charge in [-0.25, -0.2) is 9.59 Å². The molecule has 10 nitrogen and oxygen atoms in total. The lowest BCUT2D eigenvalue weighted by Crippen LogP contribution is -2.46. The number of nitrogens with zero attached hydrogens (tertiary/aromatic N) is 1. The summed E-state index contributed by atoms with van der Waals surface area (Å²) in [6, 6.07) is 5.37. The van der Waals surface area contributed by atoms with E-state index < -0.39 is 48.5 Å². The van der Waals surface area contributed by atoms with Crippen LogP contribution in [0.1, 0.15) is 37.0 Å². The number of carbonyl (C=O) groups is 5. The Balaban J connectivity index is 1.45. The molecule has 10 heteroatoms. The van der Waals surface area contributed by atoms with E-state index >= 15 is 0 Å². The highest BCUT2D eigenvalue weighted by molar-refractivity contribution is 6.09. The molecule has 0 bridgehead atoms. The molecule has 1 atom stereocenters. The molecule has 1 aromatic rings. The molecule has 1 saturated carbocycles. The monoisotopic (exact) mass is 417 g/mol. The van der Waals surface area contributed by atoms with Crippen LogP contribution in [-0.4, -0.2) is 60.0 Å². The number of nitrogens with one attached hydrogen (secondary N) is 2. The first-order chi connectivity index (χ1) is 14.2. The largest absolute Gasteiger partial charge is 0.462 e. The van der Waals surface area contributed by atoms with Crippen molar-refractivity contribution in [3.05, 3.63) is 29.8 Å². The van der Waals surface area contributed by atoms with Gasteiger partial charge in [-0.2, -0.15) is 0 Å². The Bertz CT molecular complexity index is 879. The van der Waals surface area contributed by atoms with Crippen molar-refractivity contribution in [3.8, 4) is 0 Å². The molecule has 1 aliphatic heterocycles. The maximum Gasteiger partial charge on any atom is 0.338 e. The fraction of sp³-hybridized carbons (Fsp3) is 0.450. The third-order valence-electron chi connectivity index (χ3n) is 5.03. The van der Waals surface area contributed by atoms with E-state index in [9.17, 15) is 24.0 Å². The summed E-state index contributed by atoms with van der Waals surface area (Å²) >= 11 is 0. The molecule has 1 aromatic carbocycles. The highest BCUT2D eigenvalue weighted by atomic mass is 16.5. The van der Waals surface area contributed by atoms with Crippen LogP contribution < -0.4 is 10.6 Å². The third kappa shape index (κ3) is 4.58. The van der Waals surface area contributed by atoms with Crippen LogP contribution in [0.15, 0.2) is 24.3 Å². The first-order valence-corrected chi connectivity index (χ1v) is 9.61. The lowest BCUT2D eigenvalue weighted by atomic mass is 9.96. The SMILES string of the molecule is CCOC(=O)c1ccc(NC(=O)COC(=O)CN2C(=O)N[C@](C)(C3CC3)C2=O)cc1. The van der Waals surface area contributed by atoms with E-state index in [1.54, 1.807) is 13.8 Å². The zero-order chi connectivity index (χ0) is 21.9. The fourth-order valence-electron chi connectivity index (χ4n) is 3.22. The van der Waals surface area contributed by atoms with E-state index in [0.717, 1.165) is 17.7 Å². The van der Waals surface area contributed by atoms with Gasteiger partial charge in [0.1, 0.15) is 12.1 Å². The van der Waals surface area contributed by atoms with E-state index in [1.165, 1.54) is 24.3 Å². The molecule has 0 radical (unpaired) electrons. The summed E-state index contributed by atoms with van der Waals surface area (Å²) in [5, 5.41) is 5.15. The number of rotatable bonds is 8. The van der Waals surface area contributed by atoms with Gasteiger partial charge in [-0.05, 0) is 56.9 Å². The fourth-order valence-corrected chi connectivity index (χ4v) is 3.22. The van der Waals surface area contributed by atoms with Gasteiger partial charge in [0.25, 0.3) is 11.8 Å². The molecule has 3 rings (SSSR count). The van der Waals surface area contributed by atoms with Crippen LogP contribution in [0.2, 0.25) is 0 Å². The molecular weight excluding hydrogens is 394 g/mol. The normalized spacial score (nSPS) is 20.5. The highest BCUT2D eigenvalue weighted by Gasteiger charge is 2.56. The van der Waals surface area contributed by atoms with E-state index in [4.69, 9.17) is 9.47 Å². The molecule has 160 valence electrons. The molecule has 0 spiro atoms. The Morgan fingerprint density at radius 2 is 1.83 bits per heavy atom. The molecule has 2 fully saturated rings. The quantitative estimate of drug-likeness (QED) is 0.478. The molecule has 1 heterocycles. The van der Waals surface area contributed by atoms with Crippen LogP contribution >= 0.6 is 0 Å². The minimum Gasteiger partial charge on any atom is -0.462 e. The number of ether oxygens (including phenoxy) is 2. The Morgan fingerprint density at radius 3 is 2.43 bits per heavy atom. The summed E-state index contributed by atoms with van der Waals surface area (Å²) < 4.78 is 9.75. The van der Waals surface area contributed by atoms with E-state index in [0.29, 0.717) is 11.3 Å². The number of urea groups is 1. The summed E-state index contributed by atoms with van der Waals surface area (Å²) in [5.41, 5.74) is -0.240. The Hall–Kier alpha value is -3.43. The van der Waals surface area contributed by atoms with E-state index in [1.807, 2.05) is 0 Å². The second-order valence-electron chi connectivity index (χ2n) is 7.30. The number of carbonyl (C=O) groups excluding carboxylic acids is 5. The van der Waals surface area contributed by atoms with E-state index in [2.05, 4.69) is 10.6 Å². The van der Waals surface area contributed by atoms with Crippen LogP contribution in [0.4, 0.5) is 10.5 Å². The summed E-state index contributed by atoms with van der Waals surface area (Å²) in [4.78, 5) is 60.9. The van der Waals surface area contributed by atoms with Crippen molar-refractivity contribution >= 4 is 35.5 Å². The van der Waals surface area contributed by atoms with Gasteiger partial charge in [0.15, 0.2) is 6.61 Å². The first kappa shape index (κ1) is 21.3. The number of hydrogen-bond acceptors (Lipinski definition) is 7. The average molecular weight is 417 g/mol. The molecule has 1 saturated heterocycles. The predicted molar refractivity (Wildman–Crippen MR) is 103 cm³/mol. The van der Waals surface area contributed by atoms with Crippen molar-refractivity contribution in [1.82, 2.24) is 10.2 Å². The summed E-state index contributed by atoms with van der Waals surface area (Å²) in [6.45, 7) is 2.46. The van der Waals surface area contributed by atoms with Crippen molar-refractivity contribution in [2.45, 2.75) is 32.2 Å². The lowest BCUT2D eigenvalue weighted by Gasteiger charge is -2.20. The van der Waals surface area contributed by atoms with Crippen molar-refractivity contribution in [2.24, 2.45) is 5.92 Å². The van der Waals surface area contributed by atoms with Gasteiger partial charge in [0, 0.05) is 5.69 Å². The summed E-state index contributed by atoms with van der Waals surface area (Å²) in [6.07, 6.45) is 1.70. The van der Waals surface area contributed by atoms with Gasteiger partial charge in [-0.3, -0.25) is 19.3 Å². The van der Waals surface area contributed by atoms with Crippen LogP contribution in [0.3, 0.4) is 0 Å². The standard InChI is InChI=1S/C20H23N3O7/c1-3-29-17(26)12-4-8-14(9-5-12)21-15(24)11-30-16(25)10-23-18(27)20(2,13-6-7-13)22-19(23)28/h4-5,8-9,13H,3,6-7,10-11H2,1-2H3,(H,21,24)(H,22,28)/t20-/m1/s1. The number of amides is 4. The smallest absolute Gasteiger partial charge is 0.338 e. The molecule has 0 unspecified atom stereocenters. The van der Waals surface area contributed by atoms with Gasteiger partial charge < -0.3 is 20.1 Å². The van der Waals surface area contributed by atoms with Crippen molar-refractivity contribution in [3.63, 3.8) is 0 Å². The Labute approximate surface area is 172 Å². The topological polar surface area (TPSA) is 131 Å². The van der Waals surface area contributed by atoms with Gasteiger partial charge in [-0.1, -0.05) is 0 Å². The lowest BCUT2D eigenvalue weighted by molar-refractivity contribution is -0.150. The number of anilines is 1. The Morgan fingerprint density at radius 1 is 1.17 bits per heavy atom. The maximum atomic E-state index is 12.5. The molecule has 30 heavy (non-hydrogen) atoms. The molecule has 0 aromatic heterocycles. The number of benzene rings is 1.